The second-order valence-electron chi connectivity index (χ2n) is 9.58. The summed E-state index contributed by atoms with van der Waals surface area (Å²) in [4.78, 5) is 26.8. The number of fused-ring (bicyclic) bond motifs is 3. The summed E-state index contributed by atoms with van der Waals surface area (Å²) in [6, 6.07) is 3.80. The molecule has 184 valence electrons. The fraction of sp³-hybridized carbons (Fsp3) is 0.423. The molecule has 0 radical (unpaired) electrons. The number of rotatable bonds is 5. The average molecular weight is 494 g/mol. The lowest BCUT2D eigenvalue weighted by molar-refractivity contribution is -0.150. The number of nitrogens with zero attached hydrogens (tertiary/aromatic N) is 3. The van der Waals surface area contributed by atoms with E-state index in [4.69, 9.17) is 15.2 Å². The predicted octanol–water partition coefficient (Wildman–Crippen LogP) is 4.41. The van der Waals surface area contributed by atoms with E-state index in [1.807, 2.05) is 11.0 Å². The Balaban J connectivity index is 1.49. The van der Waals surface area contributed by atoms with Crippen LogP contribution in [-0.4, -0.2) is 53.7 Å². The van der Waals surface area contributed by atoms with Crippen molar-refractivity contribution in [2.24, 2.45) is 5.41 Å². The maximum absolute atomic E-state index is 13.6. The molecule has 8 nitrogen and oxygen atoms in total. The van der Waals surface area contributed by atoms with Gasteiger partial charge in [-0.1, -0.05) is 19.6 Å². The Bertz CT molecular complexity index is 1310. The molecule has 0 saturated carbocycles. The Morgan fingerprint density at radius 1 is 1.43 bits per heavy atom. The van der Waals surface area contributed by atoms with Gasteiger partial charge in [-0.3, -0.25) is 4.79 Å². The molecular weight excluding hydrogens is 462 g/mol. The van der Waals surface area contributed by atoms with Crippen molar-refractivity contribution in [3.8, 4) is 5.75 Å². The molecule has 2 aliphatic rings. The first-order valence-electron chi connectivity index (χ1n) is 11.9. The van der Waals surface area contributed by atoms with Crippen LogP contribution in [-0.2, 0) is 22.4 Å². The Morgan fingerprint density at radius 3 is 3.00 bits per heavy atom. The van der Waals surface area contributed by atoms with Crippen molar-refractivity contribution in [2.45, 2.75) is 39.2 Å². The molecule has 2 unspecified atom stereocenters. The van der Waals surface area contributed by atoms with Gasteiger partial charge < -0.3 is 25.4 Å². The molecule has 3 aromatic rings. The van der Waals surface area contributed by atoms with Crippen LogP contribution in [0.5, 0.6) is 5.75 Å². The molecule has 0 bridgehead atoms. The highest BCUT2D eigenvalue weighted by atomic mass is 32.1. The zero-order valence-electron chi connectivity index (χ0n) is 20.4. The SMILES string of the molecule is C=Cc1cc(Nc2ncnc3sc4c(c23)CCC(C)(C(=O)N2CCOCC2C)C4)c(OC)cc1N. The van der Waals surface area contributed by atoms with Crippen LogP contribution < -0.4 is 15.8 Å². The van der Waals surface area contributed by atoms with Gasteiger partial charge in [0.2, 0.25) is 5.91 Å². The summed E-state index contributed by atoms with van der Waals surface area (Å²) in [5.41, 5.74) is 9.08. The van der Waals surface area contributed by atoms with Gasteiger partial charge in [0.05, 0.1) is 42.9 Å². The first kappa shape index (κ1) is 23.6. The summed E-state index contributed by atoms with van der Waals surface area (Å²) < 4.78 is 11.1. The third kappa shape index (κ3) is 4.12. The van der Waals surface area contributed by atoms with Crippen LogP contribution in [0.25, 0.3) is 16.3 Å². The Hall–Kier alpha value is -3.17. The number of nitrogens with one attached hydrogen (secondary N) is 1. The molecule has 1 aromatic carbocycles. The highest BCUT2D eigenvalue weighted by Crippen LogP contribution is 2.46. The van der Waals surface area contributed by atoms with Crippen LogP contribution in [0.2, 0.25) is 0 Å². The third-order valence-electron chi connectivity index (χ3n) is 7.17. The van der Waals surface area contributed by atoms with Crippen LogP contribution in [0.3, 0.4) is 0 Å². The van der Waals surface area contributed by atoms with Crippen molar-refractivity contribution in [1.82, 2.24) is 14.9 Å². The number of carbonyl (C=O) groups is 1. The van der Waals surface area contributed by atoms with E-state index in [0.717, 1.165) is 40.1 Å². The van der Waals surface area contributed by atoms with Gasteiger partial charge in [-0.2, -0.15) is 0 Å². The zero-order valence-corrected chi connectivity index (χ0v) is 21.2. The standard InChI is InChI=1S/C26H31N5O3S/c1-5-16-10-19(20(33-4)11-18(16)27)30-23-22-17-6-7-26(3,12-21(17)35-24(22)29-14-28-23)25(32)31-8-9-34-13-15(31)2/h5,10-11,14-15H,1,6-9,12-13,27H2,2-4H3,(H,28,29,30). The summed E-state index contributed by atoms with van der Waals surface area (Å²) in [7, 11) is 1.61. The van der Waals surface area contributed by atoms with Gasteiger partial charge in [0.1, 0.15) is 22.7 Å². The van der Waals surface area contributed by atoms with Crippen molar-refractivity contribution in [1.29, 1.82) is 0 Å². The van der Waals surface area contributed by atoms with Crippen LogP contribution >= 0.6 is 11.3 Å². The normalized spacial score (nSPS) is 22.0. The van der Waals surface area contributed by atoms with Crippen molar-refractivity contribution >= 4 is 50.7 Å². The highest BCUT2D eigenvalue weighted by Gasteiger charge is 2.42. The van der Waals surface area contributed by atoms with Gasteiger partial charge in [-0.25, -0.2) is 9.97 Å². The lowest BCUT2D eigenvalue weighted by Gasteiger charge is -2.41. The van der Waals surface area contributed by atoms with Crippen molar-refractivity contribution in [2.75, 3.05) is 37.9 Å². The van der Waals surface area contributed by atoms with Gasteiger partial charge in [-0.15, -0.1) is 11.3 Å². The second-order valence-corrected chi connectivity index (χ2v) is 10.7. The fourth-order valence-electron chi connectivity index (χ4n) is 5.12. The van der Waals surface area contributed by atoms with Gasteiger partial charge in [0.25, 0.3) is 0 Å². The number of nitrogens with two attached hydrogens (primary N) is 1. The van der Waals surface area contributed by atoms with Crippen molar-refractivity contribution in [3.63, 3.8) is 0 Å². The molecule has 35 heavy (non-hydrogen) atoms. The van der Waals surface area contributed by atoms with Gasteiger partial charge in [0, 0.05) is 23.2 Å². The molecule has 3 N–H and O–H groups in total. The fourth-order valence-corrected chi connectivity index (χ4v) is 6.50. The summed E-state index contributed by atoms with van der Waals surface area (Å²) in [6.45, 7) is 9.88. The maximum atomic E-state index is 13.6. The number of aryl methyl sites for hydroxylation is 1. The van der Waals surface area contributed by atoms with Crippen molar-refractivity contribution < 1.29 is 14.3 Å². The third-order valence-corrected chi connectivity index (χ3v) is 8.31. The number of thiophene rings is 1. The second kappa shape index (κ2) is 9.13. The van der Waals surface area contributed by atoms with Crippen LogP contribution in [0.4, 0.5) is 17.2 Å². The number of ether oxygens (including phenoxy) is 2. The number of hydrogen-bond donors (Lipinski definition) is 2. The largest absolute Gasteiger partial charge is 0.494 e. The Morgan fingerprint density at radius 2 is 2.26 bits per heavy atom. The number of morpholine rings is 1. The molecule has 1 saturated heterocycles. The van der Waals surface area contributed by atoms with Gasteiger partial charge >= 0.3 is 0 Å². The Labute approximate surface area is 209 Å². The zero-order chi connectivity index (χ0) is 24.7. The molecule has 1 aliphatic carbocycles. The highest BCUT2D eigenvalue weighted by molar-refractivity contribution is 7.19. The minimum atomic E-state index is -0.431. The van der Waals surface area contributed by atoms with Crippen molar-refractivity contribution in [3.05, 3.63) is 41.0 Å². The van der Waals surface area contributed by atoms with E-state index in [-0.39, 0.29) is 11.9 Å². The van der Waals surface area contributed by atoms with E-state index >= 15 is 0 Å². The molecule has 2 aromatic heterocycles. The molecule has 0 spiro atoms. The topological polar surface area (TPSA) is 103 Å². The van der Waals surface area contributed by atoms with E-state index in [0.29, 0.717) is 37.6 Å². The minimum absolute atomic E-state index is 0.105. The number of carbonyl (C=O) groups excluding carboxylic acids is 1. The monoisotopic (exact) mass is 493 g/mol. The van der Waals surface area contributed by atoms with E-state index < -0.39 is 5.41 Å². The quantitative estimate of drug-likeness (QED) is 0.508. The molecule has 1 aliphatic heterocycles. The molecular formula is C26H31N5O3S. The molecule has 1 amide bonds. The number of benzene rings is 1. The molecule has 9 heteroatoms. The first-order valence-corrected chi connectivity index (χ1v) is 12.7. The number of nitrogen functional groups attached to an aromatic ring is 1. The first-order chi connectivity index (χ1) is 16.8. The Kier molecular flexibility index (Phi) is 6.14. The molecule has 3 heterocycles. The smallest absolute Gasteiger partial charge is 0.229 e. The summed E-state index contributed by atoms with van der Waals surface area (Å²) in [6.07, 6.45) is 5.58. The molecule has 5 rings (SSSR count). The van der Waals surface area contributed by atoms with Crippen LogP contribution in [0.15, 0.2) is 25.0 Å². The molecule has 1 fully saturated rings. The van der Waals surface area contributed by atoms with E-state index in [1.54, 1.807) is 36.9 Å². The van der Waals surface area contributed by atoms with E-state index in [1.165, 1.54) is 10.4 Å². The minimum Gasteiger partial charge on any atom is -0.494 e. The number of amides is 1. The average Bonchev–Trinajstić information content (AvgIpc) is 3.22. The summed E-state index contributed by atoms with van der Waals surface area (Å²) in [5, 5.41) is 4.46. The summed E-state index contributed by atoms with van der Waals surface area (Å²) in [5.74, 6) is 1.58. The lowest BCUT2D eigenvalue weighted by atomic mass is 9.74. The number of anilines is 3. The predicted molar refractivity (Wildman–Crippen MR) is 140 cm³/mol. The summed E-state index contributed by atoms with van der Waals surface area (Å²) >= 11 is 1.66. The van der Waals surface area contributed by atoms with E-state index in [2.05, 4.69) is 35.7 Å². The van der Waals surface area contributed by atoms with Crippen LogP contribution in [0.1, 0.15) is 36.3 Å². The van der Waals surface area contributed by atoms with E-state index in [9.17, 15) is 4.79 Å². The van der Waals surface area contributed by atoms with Gasteiger partial charge in [0.15, 0.2) is 0 Å². The number of methoxy groups -OCH3 is 1. The number of aromatic nitrogens is 2. The number of hydrogen-bond acceptors (Lipinski definition) is 8. The van der Waals surface area contributed by atoms with Gasteiger partial charge in [-0.05, 0) is 43.4 Å². The maximum Gasteiger partial charge on any atom is 0.229 e. The molecule has 2 atom stereocenters. The lowest BCUT2D eigenvalue weighted by Crippen LogP contribution is -2.53. The van der Waals surface area contributed by atoms with Crippen LogP contribution in [0, 0.1) is 5.41 Å².